The summed E-state index contributed by atoms with van der Waals surface area (Å²) in [6.45, 7) is 0.118. The number of methoxy groups -OCH3 is 1. The van der Waals surface area contributed by atoms with E-state index in [0.717, 1.165) is 0 Å². The number of esters is 1. The summed E-state index contributed by atoms with van der Waals surface area (Å²) < 4.78 is 23.4. The number of ether oxygens (including phenoxy) is 2. The molecule has 0 atom stereocenters. The molecule has 6 heteroatoms. The third-order valence-electron chi connectivity index (χ3n) is 3.30. The summed E-state index contributed by atoms with van der Waals surface area (Å²) in [4.78, 5) is 23.2. The van der Waals surface area contributed by atoms with Crippen molar-refractivity contribution in [2.75, 3.05) is 20.3 Å². The van der Waals surface area contributed by atoms with Crippen molar-refractivity contribution in [1.29, 1.82) is 0 Å². The van der Waals surface area contributed by atoms with Crippen molar-refractivity contribution < 1.29 is 23.5 Å². The quantitative estimate of drug-likeness (QED) is 0.791. The molecular weight excluding hydrogens is 313 g/mol. The summed E-state index contributed by atoms with van der Waals surface area (Å²) in [5.41, 5.74) is 0.888. The first kappa shape index (κ1) is 17.5. The molecule has 1 amide bonds. The molecule has 0 aliphatic rings. The van der Waals surface area contributed by atoms with Crippen molar-refractivity contribution in [2.24, 2.45) is 0 Å². The van der Waals surface area contributed by atoms with Gasteiger partial charge in [0.25, 0.3) is 5.91 Å². The van der Waals surface area contributed by atoms with Gasteiger partial charge in [0.2, 0.25) is 0 Å². The van der Waals surface area contributed by atoms with E-state index in [4.69, 9.17) is 4.74 Å². The van der Waals surface area contributed by atoms with Gasteiger partial charge in [0.15, 0.2) is 6.61 Å². The van der Waals surface area contributed by atoms with Gasteiger partial charge >= 0.3 is 5.97 Å². The fourth-order valence-corrected chi connectivity index (χ4v) is 2.07. The van der Waals surface area contributed by atoms with Crippen molar-refractivity contribution in [3.63, 3.8) is 0 Å². The van der Waals surface area contributed by atoms with E-state index in [-0.39, 0.29) is 18.3 Å². The van der Waals surface area contributed by atoms with Crippen molar-refractivity contribution in [3.8, 4) is 5.75 Å². The molecule has 0 saturated heterocycles. The highest BCUT2D eigenvalue weighted by molar-refractivity contribution is 5.89. The van der Waals surface area contributed by atoms with Crippen molar-refractivity contribution >= 4 is 11.9 Å². The van der Waals surface area contributed by atoms with Crippen LogP contribution >= 0.6 is 0 Å². The topological polar surface area (TPSA) is 64.6 Å². The number of hydrogen-bond donors (Lipinski definition) is 1. The Kier molecular flexibility index (Phi) is 6.31. The number of halogens is 1. The van der Waals surface area contributed by atoms with E-state index < -0.39 is 5.97 Å². The maximum absolute atomic E-state index is 13.4. The minimum Gasteiger partial charge on any atom is -0.484 e. The molecule has 2 rings (SSSR count). The first-order chi connectivity index (χ1) is 11.6. The molecule has 2 aromatic rings. The zero-order chi connectivity index (χ0) is 17.4. The smallest absolute Gasteiger partial charge is 0.337 e. The Labute approximate surface area is 139 Å². The molecule has 0 unspecified atom stereocenters. The number of benzene rings is 2. The lowest BCUT2D eigenvalue weighted by Gasteiger charge is -2.09. The van der Waals surface area contributed by atoms with Gasteiger partial charge in [0.05, 0.1) is 12.7 Å². The molecule has 24 heavy (non-hydrogen) atoms. The van der Waals surface area contributed by atoms with E-state index in [1.165, 1.54) is 19.2 Å². The van der Waals surface area contributed by atoms with Crippen LogP contribution in [0.3, 0.4) is 0 Å². The number of amides is 1. The predicted octanol–water partition coefficient (Wildman–Crippen LogP) is 2.35. The van der Waals surface area contributed by atoms with Gasteiger partial charge < -0.3 is 14.8 Å². The van der Waals surface area contributed by atoms with Crippen LogP contribution in [-0.4, -0.2) is 32.1 Å². The molecule has 2 aromatic carbocycles. The fraction of sp³-hybridized carbons (Fsp3) is 0.222. The van der Waals surface area contributed by atoms with E-state index in [0.29, 0.717) is 29.8 Å². The van der Waals surface area contributed by atoms with Crippen LogP contribution in [0, 0.1) is 5.82 Å². The molecule has 0 heterocycles. The van der Waals surface area contributed by atoms with E-state index in [1.54, 1.807) is 36.4 Å². The van der Waals surface area contributed by atoms with Crippen molar-refractivity contribution in [2.45, 2.75) is 6.42 Å². The van der Waals surface area contributed by atoms with Crippen LogP contribution in [0.5, 0.6) is 5.75 Å². The number of hydrogen-bond acceptors (Lipinski definition) is 4. The molecular formula is C18H18FNO4. The highest BCUT2D eigenvalue weighted by Crippen LogP contribution is 2.14. The molecule has 1 N–H and O–H groups in total. The Morgan fingerprint density at radius 3 is 2.67 bits per heavy atom. The van der Waals surface area contributed by atoms with Gasteiger partial charge in [-0.1, -0.05) is 24.3 Å². The summed E-state index contributed by atoms with van der Waals surface area (Å²) >= 11 is 0. The average molecular weight is 331 g/mol. The first-order valence-corrected chi connectivity index (χ1v) is 7.41. The highest BCUT2D eigenvalue weighted by atomic mass is 19.1. The third kappa shape index (κ3) is 5.08. The molecule has 0 aliphatic heterocycles. The van der Waals surface area contributed by atoms with Crippen molar-refractivity contribution in [3.05, 3.63) is 65.5 Å². The second kappa shape index (κ2) is 8.67. The Balaban J connectivity index is 1.77. The van der Waals surface area contributed by atoms with E-state index in [2.05, 4.69) is 10.1 Å². The molecule has 0 aliphatic carbocycles. The normalized spacial score (nSPS) is 10.1. The monoisotopic (exact) mass is 331 g/mol. The van der Waals surface area contributed by atoms with Gasteiger partial charge in [-0.2, -0.15) is 0 Å². The maximum Gasteiger partial charge on any atom is 0.337 e. The largest absolute Gasteiger partial charge is 0.484 e. The molecule has 0 fully saturated rings. The van der Waals surface area contributed by atoms with Crippen LogP contribution < -0.4 is 10.1 Å². The average Bonchev–Trinajstić information content (AvgIpc) is 2.61. The maximum atomic E-state index is 13.4. The van der Waals surface area contributed by atoms with Gasteiger partial charge in [0.1, 0.15) is 11.6 Å². The van der Waals surface area contributed by atoms with Crippen LogP contribution in [-0.2, 0) is 16.0 Å². The van der Waals surface area contributed by atoms with Crippen molar-refractivity contribution in [1.82, 2.24) is 5.32 Å². The highest BCUT2D eigenvalue weighted by Gasteiger charge is 2.08. The number of rotatable bonds is 7. The fourth-order valence-electron chi connectivity index (χ4n) is 2.07. The lowest BCUT2D eigenvalue weighted by Crippen LogP contribution is -2.30. The van der Waals surface area contributed by atoms with Crippen LogP contribution in [0.25, 0.3) is 0 Å². The van der Waals surface area contributed by atoms with Crippen LogP contribution in [0.2, 0.25) is 0 Å². The van der Waals surface area contributed by atoms with E-state index >= 15 is 0 Å². The number of nitrogens with one attached hydrogen (secondary N) is 1. The van der Waals surface area contributed by atoms with Gasteiger partial charge in [-0.05, 0) is 36.2 Å². The van der Waals surface area contributed by atoms with Crippen LogP contribution in [0.4, 0.5) is 4.39 Å². The van der Waals surface area contributed by atoms with Gasteiger partial charge in [0, 0.05) is 6.54 Å². The molecule has 126 valence electrons. The summed E-state index contributed by atoms with van der Waals surface area (Å²) in [5, 5.41) is 2.65. The van der Waals surface area contributed by atoms with Gasteiger partial charge in [-0.25, -0.2) is 9.18 Å². The molecule has 0 spiro atoms. The van der Waals surface area contributed by atoms with Crippen LogP contribution in [0.1, 0.15) is 15.9 Å². The Morgan fingerprint density at radius 2 is 1.92 bits per heavy atom. The molecule has 0 radical (unpaired) electrons. The zero-order valence-corrected chi connectivity index (χ0v) is 13.3. The van der Waals surface area contributed by atoms with Gasteiger partial charge in [-0.15, -0.1) is 0 Å². The first-order valence-electron chi connectivity index (χ1n) is 7.41. The number of carbonyl (C=O) groups is 2. The third-order valence-corrected chi connectivity index (χ3v) is 3.30. The summed E-state index contributed by atoms with van der Waals surface area (Å²) in [7, 11) is 1.29. The predicted molar refractivity (Wildman–Crippen MR) is 86.4 cm³/mol. The summed E-state index contributed by atoms with van der Waals surface area (Å²) in [6, 6.07) is 12.8. The summed E-state index contributed by atoms with van der Waals surface area (Å²) in [6.07, 6.45) is 0.399. The zero-order valence-electron chi connectivity index (χ0n) is 13.3. The van der Waals surface area contributed by atoms with E-state index in [9.17, 15) is 14.0 Å². The molecule has 0 bridgehead atoms. The van der Waals surface area contributed by atoms with Gasteiger partial charge in [-0.3, -0.25) is 4.79 Å². The minimum atomic E-state index is -0.477. The summed E-state index contributed by atoms with van der Waals surface area (Å²) in [5.74, 6) is -0.700. The number of carbonyl (C=O) groups excluding carboxylic acids is 2. The molecule has 0 aromatic heterocycles. The van der Waals surface area contributed by atoms with E-state index in [1.807, 2.05) is 0 Å². The van der Waals surface area contributed by atoms with Crippen LogP contribution in [0.15, 0.2) is 48.5 Å². The lowest BCUT2D eigenvalue weighted by molar-refractivity contribution is -0.123. The standard InChI is InChI=1S/C18H18FNO4/c1-23-18(22)14-6-4-7-15(11-14)24-12-17(21)20-10-9-13-5-2-3-8-16(13)19/h2-8,11H,9-10,12H2,1H3,(H,20,21). The Hall–Kier alpha value is -2.89. The SMILES string of the molecule is COC(=O)c1cccc(OCC(=O)NCCc2ccccc2F)c1. The Bertz CT molecular complexity index is 718. The minimum absolute atomic E-state index is 0.193. The second-order valence-corrected chi connectivity index (χ2v) is 5.00. The molecule has 5 nitrogen and oxygen atoms in total. The Morgan fingerprint density at radius 1 is 1.12 bits per heavy atom. The molecule has 0 saturated carbocycles. The lowest BCUT2D eigenvalue weighted by atomic mass is 10.1. The second-order valence-electron chi connectivity index (χ2n) is 5.00.